The van der Waals surface area contributed by atoms with Crippen molar-refractivity contribution in [3.8, 4) is 0 Å². The van der Waals surface area contributed by atoms with Gasteiger partial charge >= 0.3 is 0 Å². The molecule has 5 saturated heterocycles. The summed E-state index contributed by atoms with van der Waals surface area (Å²) < 4.78 is 0. The Bertz CT molecular complexity index is 2120. The Morgan fingerprint density at radius 2 is 1.68 bits per heavy atom. The lowest BCUT2D eigenvalue weighted by Gasteiger charge is -2.42. The van der Waals surface area contributed by atoms with Crippen molar-refractivity contribution in [3.63, 3.8) is 0 Å². The van der Waals surface area contributed by atoms with Gasteiger partial charge in [-0.3, -0.25) is 39.0 Å². The molecule has 7 heterocycles. The highest BCUT2D eigenvalue weighted by atomic mass is 32.1. The van der Waals surface area contributed by atoms with E-state index in [4.69, 9.17) is 23.7 Å². The molecule has 2 aromatic rings. The number of fused-ring (bicyclic) bond motifs is 1. The van der Waals surface area contributed by atoms with Crippen LogP contribution in [-0.2, 0) is 14.4 Å². The van der Waals surface area contributed by atoms with Crippen LogP contribution in [0.5, 0.6) is 0 Å². The fourth-order valence-corrected chi connectivity index (χ4v) is 10.1. The van der Waals surface area contributed by atoms with Crippen molar-refractivity contribution in [2.45, 2.75) is 76.8 Å². The number of carbonyl (C=O) groups excluding carboxylic acids is 6. The summed E-state index contributed by atoms with van der Waals surface area (Å²) in [5.74, 6) is -1.20. The lowest BCUT2D eigenvalue weighted by Crippen LogP contribution is -2.54. The van der Waals surface area contributed by atoms with Crippen molar-refractivity contribution in [1.29, 1.82) is 0 Å². The number of carbonyl (C=O) groups is 6. The average Bonchev–Trinajstić information content (AvgIpc) is 3.66. The average molecular weight is 826 g/mol. The van der Waals surface area contributed by atoms with Gasteiger partial charge in [-0.05, 0) is 102 Å². The Hall–Kier alpha value is -5.49. The summed E-state index contributed by atoms with van der Waals surface area (Å²) in [5, 5.41) is 5.18. The van der Waals surface area contributed by atoms with E-state index < -0.39 is 35.6 Å². The van der Waals surface area contributed by atoms with E-state index >= 15 is 0 Å². The van der Waals surface area contributed by atoms with Crippen LogP contribution in [0.2, 0.25) is 0 Å². The van der Waals surface area contributed by atoms with E-state index in [1.54, 1.807) is 31.3 Å². The molecular formula is C41H51N11O6S. The van der Waals surface area contributed by atoms with Crippen LogP contribution in [0.15, 0.2) is 36.2 Å². The van der Waals surface area contributed by atoms with Gasteiger partial charge in [-0.25, -0.2) is 9.97 Å². The van der Waals surface area contributed by atoms with Gasteiger partial charge in [0.1, 0.15) is 16.8 Å². The number of likely N-dealkylation sites (tertiary alicyclic amines) is 2. The minimum absolute atomic E-state index is 0.0163. The first kappa shape index (κ1) is 40.3. The van der Waals surface area contributed by atoms with E-state index in [0.717, 1.165) is 101 Å². The van der Waals surface area contributed by atoms with Gasteiger partial charge in [-0.2, -0.15) is 0 Å². The molecule has 17 nitrogen and oxygen atoms in total. The van der Waals surface area contributed by atoms with E-state index in [-0.39, 0.29) is 52.3 Å². The molecule has 8 rings (SSSR count). The summed E-state index contributed by atoms with van der Waals surface area (Å²) in [6.45, 7) is 8.21. The van der Waals surface area contributed by atoms with Gasteiger partial charge < -0.3 is 36.4 Å². The smallest absolute Gasteiger partial charge is 0.271 e. The second kappa shape index (κ2) is 16.3. The number of primary amides is 1. The Kier molecular flexibility index (Phi) is 11.1. The maximum Gasteiger partial charge on any atom is 0.271 e. The number of imide groups is 2. The highest BCUT2D eigenvalue weighted by Gasteiger charge is 2.50. The molecule has 312 valence electrons. The third-order valence-electron chi connectivity index (χ3n) is 13.0. The number of nitrogens with zero attached hydrogens (tertiary/aromatic N) is 7. The van der Waals surface area contributed by atoms with E-state index in [2.05, 4.69) is 40.2 Å². The Labute approximate surface area is 347 Å². The number of amides is 6. The van der Waals surface area contributed by atoms with Gasteiger partial charge in [0, 0.05) is 63.1 Å². The minimum atomic E-state index is -0.983. The van der Waals surface area contributed by atoms with Crippen molar-refractivity contribution in [2.24, 2.45) is 22.8 Å². The molecule has 6 aliphatic rings. The molecule has 6 N–H and O–H groups in total. The van der Waals surface area contributed by atoms with Crippen LogP contribution < -0.4 is 31.9 Å². The molecule has 6 amide bonds. The quantitative estimate of drug-likeness (QED) is 0.161. The van der Waals surface area contributed by atoms with Gasteiger partial charge in [-0.1, -0.05) is 12.2 Å². The predicted molar refractivity (Wildman–Crippen MR) is 222 cm³/mol. The van der Waals surface area contributed by atoms with Crippen LogP contribution in [0.4, 0.5) is 17.3 Å². The Balaban J connectivity index is 0.824. The highest BCUT2D eigenvalue weighted by Crippen LogP contribution is 2.43. The number of benzene rings is 1. The molecule has 5 fully saturated rings. The van der Waals surface area contributed by atoms with Crippen molar-refractivity contribution in [1.82, 2.24) is 30.0 Å². The van der Waals surface area contributed by atoms with Crippen LogP contribution in [-0.4, -0.2) is 130 Å². The van der Waals surface area contributed by atoms with Crippen LogP contribution in [0, 0.1) is 11.3 Å². The summed E-state index contributed by atoms with van der Waals surface area (Å²) in [6.07, 6.45) is 9.65. The molecule has 59 heavy (non-hydrogen) atoms. The normalized spacial score (nSPS) is 24.2. The topological polar surface area (TPSA) is 220 Å². The fraction of sp³-hybridized carbons (Fsp3) is 0.537. The summed E-state index contributed by atoms with van der Waals surface area (Å²) >= 11 is 5.35. The molecule has 18 heteroatoms. The Morgan fingerprint density at radius 3 is 2.39 bits per heavy atom. The number of aromatic nitrogens is 2. The van der Waals surface area contributed by atoms with Gasteiger partial charge in [0.2, 0.25) is 17.7 Å². The fourth-order valence-electron chi connectivity index (χ4n) is 9.79. The maximum absolute atomic E-state index is 14.2. The van der Waals surface area contributed by atoms with E-state index in [1.165, 1.54) is 0 Å². The molecule has 6 aliphatic heterocycles. The summed E-state index contributed by atoms with van der Waals surface area (Å²) in [4.78, 5) is 96.2. The van der Waals surface area contributed by atoms with Crippen LogP contribution in [0.3, 0.4) is 0 Å². The number of allylic oxidation sites excluding steroid dienone is 1. The van der Waals surface area contributed by atoms with Crippen LogP contribution in [0.1, 0.15) is 95.9 Å². The first-order valence-electron chi connectivity index (χ1n) is 20.6. The predicted octanol–water partition coefficient (Wildman–Crippen LogP) is 1.78. The number of thiocarbonyl (C=S) groups is 1. The van der Waals surface area contributed by atoms with Gasteiger partial charge in [0.05, 0.1) is 22.7 Å². The van der Waals surface area contributed by atoms with Crippen molar-refractivity contribution in [3.05, 3.63) is 53.0 Å². The third-order valence-corrected chi connectivity index (χ3v) is 13.3. The van der Waals surface area contributed by atoms with Crippen molar-refractivity contribution in [2.75, 3.05) is 67.5 Å². The molecule has 1 aromatic carbocycles. The largest absolute Gasteiger partial charge is 0.402 e. The number of nitrogens with one attached hydrogen (secondary N) is 2. The summed E-state index contributed by atoms with van der Waals surface area (Å²) in [5.41, 5.74) is 13.0. The molecule has 2 atom stereocenters. The summed E-state index contributed by atoms with van der Waals surface area (Å²) in [7, 11) is 0. The number of rotatable bonds is 9. The molecule has 0 bridgehead atoms. The molecule has 1 aromatic heterocycles. The first-order valence-corrected chi connectivity index (χ1v) is 21.0. The summed E-state index contributed by atoms with van der Waals surface area (Å²) in [6, 6.07) is 4.38. The zero-order valence-corrected chi connectivity index (χ0v) is 34.1. The second-order valence-electron chi connectivity index (χ2n) is 16.8. The molecule has 0 saturated carbocycles. The highest BCUT2D eigenvalue weighted by molar-refractivity contribution is 7.81. The third kappa shape index (κ3) is 7.99. The number of nitrogens with two attached hydrogens (primary N) is 2. The van der Waals surface area contributed by atoms with Crippen molar-refractivity contribution < 1.29 is 28.8 Å². The van der Waals surface area contributed by atoms with Crippen LogP contribution in [0.25, 0.3) is 0 Å². The van der Waals surface area contributed by atoms with Gasteiger partial charge in [-0.15, -0.1) is 0 Å². The van der Waals surface area contributed by atoms with E-state index in [9.17, 15) is 28.8 Å². The monoisotopic (exact) mass is 825 g/mol. The zero-order chi connectivity index (χ0) is 41.6. The number of piperidine rings is 4. The van der Waals surface area contributed by atoms with E-state index in [1.807, 2.05) is 6.07 Å². The zero-order valence-electron chi connectivity index (χ0n) is 33.3. The first-order chi connectivity index (χ1) is 28.3. The number of anilines is 3. The van der Waals surface area contributed by atoms with Gasteiger partial charge in [0.15, 0.2) is 11.5 Å². The number of hydrogen-bond donors (Lipinski definition) is 4. The molecule has 2 unspecified atom stereocenters. The van der Waals surface area contributed by atoms with Crippen LogP contribution >= 0.6 is 12.2 Å². The molecule has 0 radical (unpaired) electrons. The molecule has 0 aliphatic carbocycles. The molecular weight excluding hydrogens is 775 g/mol. The SMILES string of the molecule is CC(N)=CC(=S)Nc1nc(N2CCCC(N3CCC4(CCN(CC5CCN(c6ccc7c(c6)C(=O)N(C6CCC(=O)NC6=O)C7=O)CC5)CC4)C3=O)C2)cnc1C(N)=O. The lowest BCUT2D eigenvalue weighted by atomic mass is 9.76. The Morgan fingerprint density at radius 1 is 0.949 bits per heavy atom. The minimum Gasteiger partial charge on any atom is -0.402 e. The number of hydrogen-bond acceptors (Lipinski definition) is 13. The van der Waals surface area contributed by atoms with Gasteiger partial charge in [0.25, 0.3) is 17.7 Å². The van der Waals surface area contributed by atoms with Crippen molar-refractivity contribution >= 4 is 70.0 Å². The lowest BCUT2D eigenvalue weighted by molar-refractivity contribution is -0.140. The second-order valence-corrected chi connectivity index (χ2v) is 17.3. The maximum atomic E-state index is 14.2. The molecule has 1 spiro atoms. The van der Waals surface area contributed by atoms with E-state index in [0.29, 0.717) is 29.5 Å². The standard InChI is InChI=1S/C41H51N11O6S/c1-24(42)19-33(59)47-36-34(35(43)54)44-21-31(45-36)50-13-2-3-27(23-50)51-18-12-41(40(51)58)10-16-48(17-11-41)22-25-8-14-49(15-9-25)26-4-5-28-29(20-26)39(57)52(38(28)56)30-6-7-32(53)46-37(30)55/h4-5,19-21,25,27,30H,2-3,6-18,22-23,42H2,1H3,(H2,43,54)(H,45,47,59)(H,46,53,55).